The van der Waals surface area contributed by atoms with Crippen molar-refractivity contribution in [3.05, 3.63) is 0 Å². The Morgan fingerprint density at radius 1 is 1.08 bits per heavy atom. The maximum absolute atomic E-state index is 13.0. The quantitative estimate of drug-likeness (QED) is 0.672. The van der Waals surface area contributed by atoms with E-state index in [9.17, 15) is 9.59 Å². The lowest BCUT2D eigenvalue weighted by atomic mass is 9.92. The number of nitrogens with one attached hydrogen (secondary N) is 1. The van der Waals surface area contributed by atoms with Crippen LogP contribution in [-0.4, -0.2) is 59.9 Å². The van der Waals surface area contributed by atoms with Crippen LogP contribution in [0.4, 0.5) is 0 Å². The first kappa shape index (κ1) is 21.2. The largest absolute Gasteiger partial charge is 0.356 e. The predicted octanol–water partition coefficient (Wildman–Crippen LogP) is 3.18. The SMILES string of the molecule is CCCCNC(=O)C1CCC(C)N(CC(=O)N(CC)C2CCCCC2)C1. The van der Waals surface area contributed by atoms with Gasteiger partial charge in [0, 0.05) is 31.7 Å². The van der Waals surface area contributed by atoms with Gasteiger partial charge >= 0.3 is 0 Å². The van der Waals surface area contributed by atoms with E-state index in [1.807, 2.05) is 0 Å². The third-order valence-corrected chi connectivity index (χ3v) is 6.23. The van der Waals surface area contributed by atoms with Crippen LogP contribution in [0.2, 0.25) is 0 Å². The number of hydrogen-bond donors (Lipinski definition) is 1. The van der Waals surface area contributed by atoms with Gasteiger partial charge in [0.2, 0.25) is 11.8 Å². The molecule has 0 aromatic heterocycles. The van der Waals surface area contributed by atoms with E-state index in [4.69, 9.17) is 0 Å². The van der Waals surface area contributed by atoms with Gasteiger partial charge in [-0.15, -0.1) is 0 Å². The van der Waals surface area contributed by atoms with Crippen molar-refractivity contribution < 1.29 is 9.59 Å². The highest BCUT2D eigenvalue weighted by molar-refractivity contribution is 5.80. The molecule has 2 unspecified atom stereocenters. The van der Waals surface area contributed by atoms with E-state index in [0.717, 1.165) is 51.6 Å². The Balaban J connectivity index is 1.88. The lowest BCUT2D eigenvalue weighted by Crippen LogP contribution is -2.52. The summed E-state index contributed by atoms with van der Waals surface area (Å²) in [5.74, 6) is 0.446. The first-order valence-corrected chi connectivity index (χ1v) is 10.9. The minimum absolute atomic E-state index is 0.0283. The fourth-order valence-corrected chi connectivity index (χ4v) is 4.44. The molecule has 0 aromatic carbocycles. The van der Waals surface area contributed by atoms with Crippen LogP contribution >= 0.6 is 0 Å². The molecule has 1 saturated carbocycles. The third-order valence-electron chi connectivity index (χ3n) is 6.23. The summed E-state index contributed by atoms with van der Waals surface area (Å²) in [5, 5.41) is 3.07. The monoisotopic (exact) mass is 365 g/mol. The second kappa shape index (κ2) is 10.9. The van der Waals surface area contributed by atoms with Gasteiger partial charge in [-0.3, -0.25) is 14.5 Å². The molecule has 1 N–H and O–H groups in total. The standard InChI is InChI=1S/C21H39N3O2/c1-4-6-14-22-21(26)18-13-12-17(3)23(15-18)16-20(25)24(5-2)19-10-8-7-9-11-19/h17-19H,4-16H2,1-3H3,(H,22,26). The molecule has 2 atom stereocenters. The molecule has 1 heterocycles. The summed E-state index contributed by atoms with van der Waals surface area (Å²) in [4.78, 5) is 29.7. The Bertz CT molecular complexity index is 449. The zero-order valence-electron chi connectivity index (χ0n) is 17.1. The van der Waals surface area contributed by atoms with E-state index >= 15 is 0 Å². The first-order chi connectivity index (χ1) is 12.6. The molecule has 1 aliphatic heterocycles. The molecule has 2 amide bonds. The van der Waals surface area contributed by atoms with E-state index in [-0.39, 0.29) is 17.7 Å². The van der Waals surface area contributed by atoms with Crippen LogP contribution in [-0.2, 0) is 9.59 Å². The number of unbranched alkanes of at least 4 members (excludes halogenated alkanes) is 1. The van der Waals surface area contributed by atoms with E-state index in [1.54, 1.807) is 0 Å². The molecule has 5 heteroatoms. The minimum Gasteiger partial charge on any atom is -0.356 e. The van der Waals surface area contributed by atoms with Crippen molar-refractivity contribution in [1.82, 2.24) is 15.1 Å². The van der Waals surface area contributed by atoms with E-state index in [2.05, 4.69) is 35.9 Å². The molecule has 5 nitrogen and oxygen atoms in total. The Hall–Kier alpha value is -1.10. The van der Waals surface area contributed by atoms with Gasteiger partial charge in [0.1, 0.15) is 0 Å². The van der Waals surface area contributed by atoms with Gasteiger partial charge in [-0.05, 0) is 46.0 Å². The number of piperidine rings is 1. The molecule has 0 spiro atoms. The lowest BCUT2D eigenvalue weighted by Gasteiger charge is -2.39. The molecular formula is C21H39N3O2. The molecule has 0 bridgehead atoms. The highest BCUT2D eigenvalue weighted by atomic mass is 16.2. The fourth-order valence-electron chi connectivity index (χ4n) is 4.44. The topological polar surface area (TPSA) is 52.7 Å². The van der Waals surface area contributed by atoms with Crippen LogP contribution in [0, 0.1) is 5.92 Å². The molecular weight excluding hydrogens is 326 g/mol. The van der Waals surface area contributed by atoms with Crippen LogP contribution in [0.25, 0.3) is 0 Å². The van der Waals surface area contributed by atoms with E-state index < -0.39 is 0 Å². The zero-order valence-corrected chi connectivity index (χ0v) is 17.1. The summed E-state index contributed by atoms with van der Waals surface area (Å²) in [6.45, 7) is 9.16. The average Bonchev–Trinajstić information content (AvgIpc) is 2.65. The van der Waals surface area contributed by atoms with Gasteiger partial charge in [-0.2, -0.15) is 0 Å². The van der Waals surface area contributed by atoms with Crippen molar-refractivity contribution in [2.75, 3.05) is 26.2 Å². The number of hydrogen-bond acceptors (Lipinski definition) is 3. The van der Waals surface area contributed by atoms with Gasteiger partial charge in [0.05, 0.1) is 12.5 Å². The van der Waals surface area contributed by atoms with Gasteiger partial charge in [-0.1, -0.05) is 32.6 Å². The van der Waals surface area contributed by atoms with Crippen LogP contribution in [0.5, 0.6) is 0 Å². The van der Waals surface area contributed by atoms with Crippen molar-refractivity contribution in [1.29, 1.82) is 0 Å². The average molecular weight is 366 g/mol. The summed E-state index contributed by atoms with van der Waals surface area (Å²) in [5.41, 5.74) is 0. The van der Waals surface area contributed by atoms with Crippen molar-refractivity contribution in [2.45, 2.75) is 90.6 Å². The molecule has 2 aliphatic rings. The summed E-state index contributed by atoms with van der Waals surface area (Å²) >= 11 is 0. The van der Waals surface area contributed by atoms with Crippen molar-refractivity contribution in [3.8, 4) is 0 Å². The van der Waals surface area contributed by atoms with Crippen LogP contribution < -0.4 is 5.32 Å². The van der Waals surface area contributed by atoms with Crippen molar-refractivity contribution >= 4 is 11.8 Å². The van der Waals surface area contributed by atoms with Gasteiger partial charge in [0.15, 0.2) is 0 Å². The van der Waals surface area contributed by atoms with Gasteiger partial charge in [-0.25, -0.2) is 0 Å². The molecule has 0 aromatic rings. The number of rotatable bonds is 8. The minimum atomic E-state index is 0.0283. The number of amides is 2. The Morgan fingerprint density at radius 3 is 2.46 bits per heavy atom. The highest BCUT2D eigenvalue weighted by Gasteiger charge is 2.32. The summed E-state index contributed by atoms with van der Waals surface area (Å²) in [6, 6.07) is 0.804. The van der Waals surface area contributed by atoms with Crippen LogP contribution in [0.15, 0.2) is 0 Å². The summed E-state index contributed by atoms with van der Waals surface area (Å²) < 4.78 is 0. The van der Waals surface area contributed by atoms with Gasteiger partial charge < -0.3 is 10.2 Å². The highest BCUT2D eigenvalue weighted by Crippen LogP contribution is 2.25. The second-order valence-corrected chi connectivity index (χ2v) is 8.17. The maximum atomic E-state index is 13.0. The molecule has 26 heavy (non-hydrogen) atoms. The molecule has 1 saturated heterocycles. The maximum Gasteiger partial charge on any atom is 0.236 e. The first-order valence-electron chi connectivity index (χ1n) is 10.9. The van der Waals surface area contributed by atoms with E-state index in [1.165, 1.54) is 19.3 Å². The second-order valence-electron chi connectivity index (χ2n) is 8.17. The Morgan fingerprint density at radius 2 is 1.81 bits per heavy atom. The number of carbonyl (C=O) groups excluding carboxylic acids is 2. The molecule has 2 rings (SSSR count). The third kappa shape index (κ3) is 5.97. The van der Waals surface area contributed by atoms with Crippen LogP contribution in [0.1, 0.15) is 78.6 Å². The van der Waals surface area contributed by atoms with Gasteiger partial charge in [0.25, 0.3) is 0 Å². The van der Waals surface area contributed by atoms with Crippen molar-refractivity contribution in [2.24, 2.45) is 5.92 Å². The number of nitrogens with zero attached hydrogens (tertiary/aromatic N) is 2. The number of carbonyl (C=O) groups is 2. The zero-order chi connectivity index (χ0) is 18.9. The normalized spacial score (nSPS) is 25.0. The summed E-state index contributed by atoms with van der Waals surface area (Å²) in [7, 11) is 0. The molecule has 150 valence electrons. The molecule has 0 radical (unpaired) electrons. The molecule has 1 aliphatic carbocycles. The Labute approximate surface area is 159 Å². The van der Waals surface area contributed by atoms with E-state index in [0.29, 0.717) is 25.2 Å². The smallest absolute Gasteiger partial charge is 0.236 e. The summed E-state index contributed by atoms with van der Waals surface area (Å²) in [6.07, 6.45) is 10.2. The lowest BCUT2D eigenvalue weighted by molar-refractivity contribution is -0.138. The fraction of sp³-hybridized carbons (Fsp3) is 0.905. The number of likely N-dealkylation sites (tertiary alicyclic amines) is 1. The Kier molecular flexibility index (Phi) is 8.89. The number of likely N-dealkylation sites (N-methyl/N-ethyl adjacent to an activating group) is 1. The molecule has 2 fully saturated rings. The van der Waals surface area contributed by atoms with Crippen molar-refractivity contribution in [3.63, 3.8) is 0 Å². The predicted molar refractivity (Wildman–Crippen MR) is 106 cm³/mol. The van der Waals surface area contributed by atoms with Crippen LogP contribution in [0.3, 0.4) is 0 Å².